The maximum atomic E-state index is 14.2. The monoisotopic (exact) mass is 620 g/mol. The summed E-state index contributed by atoms with van der Waals surface area (Å²) >= 11 is 1.44. The number of ether oxygens (including phenoxy) is 2. The Labute approximate surface area is 271 Å². The van der Waals surface area contributed by atoms with Gasteiger partial charge >= 0.3 is 0 Å². The first-order valence-electron chi connectivity index (χ1n) is 15.7. The van der Waals surface area contributed by atoms with Crippen molar-refractivity contribution in [3.8, 4) is 11.5 Å². The minimum Gasteiger partial charge on any atom is -0.490 e. The van der Waals surface area contributed by atoms with Crippen LogP contribution in [-0.4, -0.2) is 11.2 Å². The van der Waals surface area contributed by atoms with Crippen molar-refractivity contribution in [2.24, 2.45) is 4.99 Å². The Bertz CT molecular complexity index is 2310. The lowest BCUT2D eigenvalue weighted by Crippen LogP contribution is -2.38. The van der Waals surface area contributed by atoms with E-state index in [1.165, 1.54) is 38.8 Å². The highest BCUT2D eigenvalue weighted by molar-refractivity contribution is 7.07. The summed E-state index contributed by atoms with van der Waals surface area (Å²) in [6, 6.07) is 39.1. The lowest BCUT2D eigenvalue weighted by Gasteiger charge is -2.30. The molecule has 0 unspecified atom stereocenters. The highest BCUT2D eigenvalue weighted by Crippen LogP contribution is 2.41. The molecular formula is C40H32N2O3S. The first-order chi connectivity index (χ1) is 22.7. The quantitative estimate of drug-likeness (QED) is 0.186. The Morgan fingerprint density at radius 2 is 1.65 bits per heavy atom. The number of allylic oxidation sites excluding steroid dienone is 1. The van der Waals surface area contributed by atoms with E-state index >= 15 is 0 Å². The van der Waals surface area contributed by atoms with Crippen molar-refractivity contribution in [1.29, 1.82) is 0 Å². The van der Waals surface area contributed by atoms with Crippen molar-refractivity contribution in [1.82, 2.24) is 4.57 Å². The lowest BCUT2D eigenvalue weighted by atomic mass is 9.83. The van der Waals surface area contributed by atoms with Crippen molar-refractivity contribution in [3.63, 3.8) is 0 Å². The molecule has 0 saturated heterocycles. The minimum atomic E-state index is -0.188. The van der Waals surface area contributed by atoms with Crippen LogP contribution in [-0.2, 0) is 13.0 Å². The number of hydrogen-bond donors (Lipinski definition) is 0. The molecule has 8 rings (SSSR count). The predicted molar refractivity (Wildman–Crippen MR) is 185 cm³/mol. The Morgan fingerprint density at radius 3 is 2.54 bits per heavy atom. The van der Waals surface area contributed by atoms with Gasteiger partial charge in [-0.1, -0.05) is 114 Å². The van der Waals surface area contributed by atoms with Crippen LogP contribution in [0, 0.1) is 0 Å². The van der Waals surface area contributed by atoms with E-state index in [9.17, 15) is 4.79 Å². The predicted octanol–water partition coefficient (Wildman–Crippen LogP) is 7.45. The van der Waals surface area contributed by atoms with E-state index in [0.29, 0.717) is 29.2 Å². The second-order valence-electron chi connectivity index (χ2n) is 11.6. The van der Waals surface area contributed by atoms with Gasteiger partial charge in [-0.3, -0.25) is 9.36 Å². The highest BCUT2D eigenvalue weighted by atomic mass is 32.1. The van der Waals surface area contributed by atoms with Crippen molar-refractivity contribution in [2.75, 3.05) is 6.61 Å². The number of thiazole rings is 1. The molecule has 6 heteroatoms. The Kier molecular flexibility index (Phi) is 7.35. The number of aryl methyl sites for hydroxylation is 1. The van der Waals surface area contributed by atoms with E-state index in [1.807, 2.05) is 66.1 Å². The molecule has 1 aromatic heterocycles. The summed E-state index contributed by atoms with van der Waals surface area (Å²) in [5, 5.41) is 2.36. The SMILES string of the molecule is CCOc1cc(/C=c2\sc3n(c2=O)[C@@H](c2ccccc2)C2=C(N=3)c3ccccc3CC2)ccc1OCc1cccc2ccccc12. The van der Waals surface area contributed by atoms with Gasteiger partial charge < -0.3 is 9.47 Å². The van der Waals surface area contributed by atoms with Crippen LogP contribution >= 0.6 is 11.3 Å². The molecule has 0 bridgehead atoms. The third-order valence-electron chi connectivity index (χ3n) is 8.82. The van der Waals surface area contributed by atoms with Crippen molar-refractivity contribution in [3.05, 3.63) is 168 Å². The summed E-state index contributed by atoms with van der Waals surface area (Å²) < 4.78 is 14.9. The maximum Gasteiger partial charge on any atom is 0.271 e. The Morgan fingerprint density at radius 1 is 0.848 bits per heavy atom. The molecule has 0 fully saturated rings. The molecule has 0 spiro atoms. The van der Waals surface area contributed by atoms with Gasteiger partial charge in [0.05, 0.1) is 22.9 Å². The van der Waals surface area contributed by atoms with Gasteiger partial charge in [-0.15, -0.1) is 0 Å². The highest BCUT2D eigenvalue weighted by Gasteiger charge is 2.32. The van der Waals surface area contributed by atoms with Crippen LogP contribution < -0.4 is 24.4 Å². The summed E-state index contributed by atoms with van der Waals surface area (Å²) in [5.41, 5.74) is 7.75. The zero-order chi connectivity index (χ0) is 31.0. The zero-order valence-electron chi connectivity index (χ0n) is 25.5. The van der Waals surface area contributed by atoms with Crippen LogP contribution in [0.4, 0.5) is 0 Å². The van der Waals surface area contributed by atoms with Crippen molar-refractivity contribution >= 4 is 33.9 Å². The maximum absolute atomic E-state index is 14.2. The molecule has 2 heterocycles. The molecule has 0 N–H and O–H groups in total. The van der Waals surface area contributed by atoms with Gasteiger partial charge in [0.25, 0.3) is 5.56 Å². The fraction of sp³-hybridized carbons (Fsp3) is 0.150. The van der Waals surface area contributed by atoms with E-state index in [-0.39, 0.29) is 11.6 Å². The van der Waals surface area contributed by atoms with E-state index in [4.69, 9.17) is 14.5 Å². The number of rotatable bonds is 7. The molecule has 5 aromatic carbocycles. The van der Waals surface area contributed by atoms with Crippen LogP contribution in [0.15, 0.2) is 131 Å². The summed E-state index contributed by atoms with van der Waals surface area (Å²) in [6.45, 7) is 2.88. The van der Waals surface area contributed by atoms with E-state index in [0.717, 1.165) is 40.0 Å². The topological polar surface area (TPSA) is 52.8 Å². The van der Waals surface area contributed by atoms with Gasteiger partial charge in [-0.05, 0) is 76.6 Å². The Hall–Kier alpha value is -5.20. The zero-order valence-corrected chi connectivity index (χ0v) is 26.3. The summed E-state index contributed by atoms with van der Waals surface area (Å²) in [5.74, 6) is 1.32. The average molecular weight is 621 g/mol. The molecular weight excluding hydrogens is 589 g/mol. The smallest absolute Gasteiger partial charge is 0.271 e. The van der Waals surface area contributed by atoms with Gasteiger partial charge in [0.1, 0.15) is 6.61 Å². The van der Waals surface area contributed by atoms with Crippen LogP contribution in [0.25, 0.3) is 22.5 Å². The molecule has 1 atom stereocenters. The van der Waals surface area contributed by atoms with Gasteiger partial charge in [0.15, 0.2) is 16.3 Å². The normalized spacial score (nSPS) is 15.6. The first kappa shape index (κ1) is 28.3. The molecule has 226 valence electrons. The van der Waals surface area contributed by atoms with Gasteiger partial charge in [-0.25, -0.2) is 4.99 Å². The fourth-order valence-electron chi connectivity index (χ4n) is 6.68. The molecule has 0 radical (unpaired) electrons. The molecule has 0 amide bonds. The summed E-state index contributed by atoms with van der Waals surface area (Å²) in [6.07, 6.45) is 3.75. The third-order valence-corrected chi connectivity index (χ3v) is 9.80. The van der Waals surface area contributed by atoms with Gasteiger partial charge in [-0.2, -0.15) is 0 Å². The number of hydrogen-bond acceptors (Lipinski definition) is 5. The summed E-state index contributed by atoms with van der Waals surface area (Å²) in [4.78, 5) is 20.0. The molecule has 1 aliphatic carbocycles. The average Bonchev–Trinajstić information content (AvgIpc) is 3.41. The van der Waals surface area contributed by atoms with Crippen molar-refractivity contribution < 1.29 is 9.47 Å². The molecule has 1 aliphatic heterocycles. The minimum absolute atomic E-state index is 0.0303. The Balaban J connectivity index is 1.18. The fourth-order valence-corrected chi connectivity index (χ4v) is 7.69. The van der Waals surface area contributed by atoms with E-state index < -0.39 is 0 Å². The van der Waals surface area contributed by atoms with E-state index in [2.05, 4.69) is 66.7 Å². The van der Waals surface area contributed by atoms with Crippen LogP contribution in [0.5, 0.6) is 11.5 Å². The molecule has 46 heavy (non-hydrogen) atoms. The number of aromatic nitrogens is 1. The van der Waals surface area contributed by atoms with E-state index in [1.54, 1.807) is 0 Å². The molecule has 2 aliphatic rings. The van der Waals surface area contributed by atoms with Crippen LogP contribution in [0.1, 0.15) is 47.2 Å². The second-order valence-corrected chi connectivity index (χ2v) is 12.6. The standard InChI is InChI=1S/C40H32N2O3S/c1-2-44-35-23-26(19-22-34(35)45-25-30-16-10-15-27-11-6-8-17-31(27)30)24-36-39(43)42-38(29-13-4-3-5-14-29)33-21-20-28-12-7-9-18-32(28)37(33)41-40(42)46-36/h3-19,22-24,38H,2,20-21,25H2,1H3/b36-24-/t38-/m0/s1. The number of nitrogens with zero attached hydrogens (tertiary/aromatic N) is 2. The lowest BCUT2D eigenvalue weighted by molar-refractivity contribution is 0.270. The summed E-state index contributed by atoms with van der Waals surface area (Å²) in [7, 11) is 0. The molecule has 6 aromatic rings. The number of fused-ring (bicyclic) bond motifs is 4. The number of benzene rings is 5. The van der Waals surface area contributed by atoms with Crippen LogP contribution in [0.3, 0.4) is 0 Å². The molecule has 5 nitrogen and oxygen atoms in total. The van der Waals surface area contributed by atoms with Gasteiger partial charge in [0, 0.05) is 5.56 Å². The van der Waals surface area contributed by atoms with Crippen molar-refractivity contribution in [2.45, 2.75) is 32.4 Å². The van der Waals surface area contributed by atoms with Crippen LogP contribution in [0.2, 0.25) is 0 Å². The largest absolute Gasteiger partial charge is 0.490 e. The second kappa shape index (κ2) is 12.0. The first-order valence-corrected chi connectivity index (χ1v) is 16.5. The third kappa shape index (κ3) is 5.05. The molecule has 0 saturated carbocycles. The van der Waals surface area contributed by atoms with Gasteiger partial charge in [0.2, 0.25) is 0 Å².